The third-order valence-corrected chi connectivity index (χ3v) is 3.00. The van der Waals surface area contributed by atoms with E-state index in [9.17, 15) is 10.1 Å². The van der Waals surface area contributed by atoms with Crippen molar-refractivity contribution < 1.29 is 4.92 Å². The molecular weight excluding hydrogens is 260 g/mol. The highest BCUT2D eigenvalue weighted by atomic mass is 16.6. The first-order valence-electron chi connectivity index (χ1n) is 6.50. The van der Waals surface area contributed by atoms with Gasteiger partial charge in [-0.2, -0.15) is 0 Å². The zero-order valence-electron chi connectivity index (χ0n) is 12.6. The fourth-order valence-electron chi connectivity index (χ4n) is 2.23. The van der Waals surface area contributed by atoms with E-state index in [1.807, 2.05) is 37.7 Å². The van der Waals surface area contributed by atoms with Crippen molar-refractivity contribution in [2.24, 2.45) is 0 Å². The summed E-state index contributed by atoms with van der Waals surface area (Å²) >= 11 is 0. The van der Waals surface area contributed by atoms with Gasteiger partial charge in [0.05, 0.1) is 4.92 Å². The van der Waals surface area contributed by atoms with Gasteiger partial charge in [0, 0.05) is 26.2 Å². The maximum Gasteiger partial charge on any atom is 0.353 e. The Bertz CT molecular complexity index is 465. The Labute approximate surface area is 119 Å². The maximum absolute atomic E-state index is 11.3. The fourth-order valence-corrected chi connectivity index (χ4v) is 2.23. The van der Waals surface area contributed by atoms with E-state index in [1.165, 1.54) is 6.33 Å². The summed E-state index contributed by atoms with van der Waals surface area (Å²) in [5.41, 5.74) is -0.0811. The number of nitro groups is 1. The van der Waals surface area contributed by atoms with Crippen LogP contribution in [-0.4, -0.2) is 60.1 Å². The standard InChI is InChI=1S/C12H22N6O2/c1-6-17(9(2)7-16(4)5)12-10(18(19)20)11(13-3)14-8-15-12/h8-9H,6-7H2,1-5H3,(H,13,14,15). The molecule has 0 saturated heterocycles. The molecule has 1 unspecified atom stereocenters. The lowest BCUT2D eigenvalue weighted by Crippen LogP contribution is -2.41. The predicted octanol–water partition coefficient (Wildman–Crippen LogP) is 1.20. The highest BCUT2D eigenvalue weighted by molar-refractivity contribution is 5.70. The van der Waals surface area contributed by atoms with Crippen LogP contribution in [0.1, 0.15) is 13.8 Å². The second-order valence-corrected chi connectivity index (χ2v) is 4.80. The van der Waals surface area contributed by atoms with E-state index in [-0.39, 0.29) is 17.5 Å². The molecule has 20 heavy (non-hydrogen) atoms. The molecule has 8 heteroatoms. The average Bonchev–Trinajstić information content (AvgIpc) is 2.37. The highest BCUT2D eigenvalue weighted by Crippen LogP contribution is 2.32. The van der Waals surface area contributed by atoms with E-state index in [2.05, 4.69) is 15.3 Å². The van der Waals surface area contributed by atoms with Gasteiger partial charge in [0.15, 0.2) is 0 Å². The molecule has 112 valence electrons. The van der Waals surface area contributed by atoms with Gasteiger partial charge in [-0.25, -0.2) is 9.97 Å². The van der Waals surface area contributed by atoms with Crippen LogP contribution in [0.5, 0.6) is 0 Å². The first kappa shape index (κ1) is 16.1. The molecule has 0 saturated carbocycles. The molecule has 1 rings (SSSR count). The van der Waals surface area contributed by atoms with Crippen LogP contribution < -0.4 is 10.2 Å². The zero-order chi connectivity index (χ0) is 15.3. The maximum atomic E-state index is 11.3. The Balaban J connectivity index is 3.24. The van der Waals surface area contributed by atoms with Crippen LogP contribution in [0.3, 0.4) is 0 Å². The van der Waals surface area contributed by atoms with Crippen molar-refractivity contribution in [3.8, 4) is 0 Å². The molecule has 0 fully saturated rings. The molecule has 1 atom stereocenters. The number of aromatic nitrogens is 2. The molecule has 0 spiro atoms. The Morgan fingerprint density at radius 2 is 2.10 bits per heavy atom. The van der Waals surface area contributed by atoms with Crippen molar-refractivity contribution in [2.75, 3.05) is 44.4 Å². The van der Waals surface area contributed by atoms with Crippen molar-refractivity contribution in [2.45, 2.75) is 19.9 Å². The average molecular weight is 282 g/mol. The molecule has 0 aliphatic rings. The van der Waals surface area contributed by atoms with E-state index in [4.69, 9.17) is 0 Å². The van der Waals surface area contributed by atoms with Gasteiger partial charge < -0.3 is 15.1 Å². The second-order valence-electron chi connectivity index (χ2n) is 4.80. The SMILES string of the molecule is CCN(c1ncnc(NC)c1[N+](=O)[O-])C(C)CN(C)C. The Morgan fingerprint density at radius 1 is 1.45 bits per heavy atom. The molecular formula is C12H22N6O2. The number of nitrogens with one attached hydrogen (secondary N) is 1. The monoisotopic (exact) mass is 282 g/mol. The first-order valence-corrected chi connectivity index (χ1v) is 6.50. The lowest BCUT2D eigenvalue weighted by Gasteiger charge is -2.30. The third-order valence-electron chi connectivity index (χ3n) is 3.00. The van der Waals surface area contributed by atoms with Crippen LogP contribution in [0.2, 0.25) is 0 Å². The van der Waals surface area contributed by atoms with Crippen molar-refractivity contribution in [3.05, 3.63) is 16.4 Å². The number of anilines is 2. The molecule has 0 bridgehead atoms. The second kappa shape index (κ2) is 6.99. The van der Waals surface area contributed by atoms with Crippen molar-refractivity contribution >= 4 is 17.3 Å². The highest BCUT2D eigenvalue weighted by Gasteiger charge is 2.28. The largest absolute Gasteiger partial charge is 0.367 e. The molecule has 1 aromatic rings. The van der Waals surface area contributed by atoms with E-state index < -0.39 is 4.92 Å². The van der Waals surface area contributed by atoms with Gasteiger partial charge >= 0.3 is 5.69 Å². The van der Waals surface area contributed by atoms with Gasteiger partial charge in [0.2, 0.25) is 11.6 Å². The minimum atomic E-state index is -0.438. The number of hydrogen-bond donors (Lipinski definition) is 1. The Morgan fingerprint density at radius 3 is 2.55 bits per heavy atom. The normalized spacial score (nSPS) is 12.3. The Hall–Kier alpha value is -1.96. The molecule has 0 amide bonds. The summed E-state index contributed by atoms with van der Waals surface area (Å²) in [5.74, 6) is 0.585. The zero-order valence-corrected chi connectivity index (χ0v) is 12.6. The van der Waals surface area contributed by atoms with Crippen LogP contribution in [0, 0.1) is 10.1 Å². The first-order chi connectivity index (χ1) is 9.42. The van der Waals surface area contributed by atoms with Gasteiger partial charge in [0.1, 0.15) is 6.33 Å². The van der Waals surface area contributed by atoms with E-state index in [0.717, 1.165) is 6.54 Å². The van der Waals surface area contributed by atoms with Crippen molar-refractivity contribution in [1.82, 2.24) is 14.9 Å². The summed E-state index contributed by atoms with van der Waals surface area (Å²) in [7, 11) is 5.55. The quantitative estimate of drug-likeness (QED) is 0.594. The van der Waals surface area contributed by atoms with Crippen molar-refractivity contribution in [3.63, 3.8) is 0 Å². The molecule has 0 aliphatic carbocycles. The van der Waals surface area contributed by atoms with Crippen LogP contribution >= 0.6 is 0 Å². The number of nitrogens with zero attached hydrogens (tertiary/aromatic N) is 5. The summed E-state index contributed by atoms with van der Waals surface area (Å²) in [6.07, 6.45) is 1.35. The summed E-state index contributed by atoms with van der Waals surface area (Å²) in [4.78, 5) is 22.9. The van der Waals surface area contributed by atoms with E-state index in [1.54, 1.807) is 7.05 Å². The van der Waals surface area contributed by atoms with Gasteiger partial charge in [-0.1, -0.05) is 0 Å². The summed E-state index contributed by atoms with van der Waals surface area (Å²) < 4.78 is 0. The number of likely N-dealkylation sites (N-methyl/N-ethyl adjacent to an activating group) is 2. The van der Waals surface area contributed by atoms with Crippen LogP contribution in [0.4, 0.5) is 17.3 Å². The van der Waals surface area contributed by atoms with Crippen molar-refractivity contribution in [1.29, 1.82) is 0 Å². The van der Waals surface area contributed by atoms with Crippen LogP contribution in [0.25, 0.3) is 0 Å². The lowest BCUT2D eigenvalue weighted by atomic mass is 10.2. The smallest absolute Gasteiger partial charge is 0.353 e. The molecule has 8 nitrogen and oxygen atoms in total. The number of hydrogen-bond acceptors (Lipinski definition) is 7. The predicted molar refractivity (Wildman–Crippen MR) is 79.3 cm³/mol. The molecule has 0 radical (unpaired) electrons. The molecule has 1 N–H and O–H groups in total. The molecule has 1 heterocycles. The molecule has 0 aromatic carbocycles. The van der Waals surface area contributed by atoms with Gasteiger partial charge in [-0.05, 0) is 27.9 Å². The Kier molecular flexibility index (Phi) is 5.63. The minimum absolute atomic E-state index is 0.0811. The number of rotatable bonds is 7. The summed E-state index contributed by atoms with van der Waals surface area (Å²) in [5, 5.41) is 14.1. The topological polar surface area (TPSA) is 87.4 Å². The van der Waals surface area contributed by atoms with Gasteiger partial charge in [-0.3, -0.25) is 10.1 Å². The third kappa shape index (κ3) is 3.53. The summed E-state index contributed by atoms with van der Waals surface area (Å²) in [6, 6.07) is 0.105. The summed E-state index contributed by atoms with van der Waals surface area (Å²) in [6.45, 7) is 5.39. The van der Waals surface area contributed by atoms with E-state index >= 15 is 0 Å². The minimum Gasteiger partial charge on any atom is -0.367 e. The lowest BCUT2D eigenvalue weighted by molar-refractivity contribution is -0.383. The fraction of sp³-hybridized carbons (Fsp3) is 0.667. The van der Waals surface area contributed by atoms with Gasteiger partial charge in [0.25, 0.3) is 0 Å². The van der Waals surface area contributed by atoms with Gasteiger partial charge in [-0.15, -0.1) is 0 Å². The van der Waals surface area contributed by atoms with Crippen LogP contribution in [-0.2, 0) is 0 Å². The van der Waals surface area contributed by atoms with Crippen LogP contribution in [0.15, 0.2) is 6.33 Å². The molecule has 0 aliphatic heterocycles. The van der Waals surface area contributed by atoms with E-state index in [0.29, 0.717) is 12.4 Å². The molecule has 1 aromatic heterocycles.